The summed E-state index contributed by atoms with van der Waals surface area (Å²) in [6.45, 7) is 1.77. The van der Waals surface area contributed by atoms with Crippen LogP contribution in [0.25, 0.3) is 0 Å². The Hall–Kier alpha value is -1.33. The molecule has 0 aliphatic heterocycles. The molecule has 0 spiro atoms. The third-order valence-corrected chi connectivity index (χ3v) is 3.47. The fraction of sp³-hybridized carbons (Fsp3) is 0.143. The Morgan fingerprint density at radius 3 is 2.26 bits per heavy atom. The molecule has 1 nitrogen and oxygen atoms in total. The van der Waals surface area contributed by atoms with Crippen molar-refractivity contribution in [3.8, 4) is 0 Å². The number of benzene rings is 2. The van der Waals surface area contributed by atoms with Gasteiger partial charge in [-0.15, -0.1) is 0 Å². The van der Waals surface area contributed by atoms with E-state index in [9.17, 15) is 13.2 Å². The molecule has 100 valence electrons. The summed E-state index contributed by atoms with van der Waals surface area (Å²) in [4.78, 5) is 0. The number of hydrogen-bond donors (Lipinski definition) is 1. The van der Waals surface area contributed by atoms with Crippen molar-refractivity contribution in [2.75, 3.05) is 0 Å². The van der Waals surface area contributed by atoms with Crippen molar-refractivity contribution in [3.63, 3.8) is 0 Å². The molecule has 2 N–H and O–H groups in total. The van der Waals surface area contributed by atoms with Crippen LogP contribution in [-0.4, -0.2) is 0 Å². The summed E-state index contributed by atoms with van der Waals surface area (Å²) in [5.41, 5.74) is 6.70. The van der Waals surface area contributed by atoms with Crippen LogP contribution in [0.15, 0.2) is 34.8 Å². The van der Waals surface area contributed by atoms with E-state index in [2.05, 4.69) is 15.9 Å². The number of nitrogens with two attached hydrogens (primary N) is 1. The second-order valence-electron chi connectivity index (χ2n) is 4.29. The number of rotatable bonds is 2. The minimum Gasteiger partial charge on any atom is -0.320 e. The molecule has 19 heavy (non-hydrogen) atoms. The highest BCUT2D eigenvalue weighted by Gasteiger charge is 2.19. The normalized spacial score (nSPS) is 12.5. The van der Waals surface area contributed by atoms with Gasteiger partial charge in [0.1, 0.15) is 17.5 Å². The van der Waals surface area contributed by atoms with Gasteiger partial charge in [0.25, 0.3) is 0 Å². The van der Waals surface area contributed by atoms with Gasteiger partial charge in [-0.3, -0.25) is 0 Å². The van der Waals surface area contributed by atoms with E-state index in [0.717, 1.165) is 17.7 Å². The lowest BCUT2D eigenvalue weighted by Gasteiger charge is -2.15. The molecular weight excluding hydrogens is 319 g/mol. The third-order valence-electron chi connectivity index (χ3n) is 2.86. The molecule has 0 saturated carbocycles. The van der Waals surface area contributed by atoms with Crippen LogP contribution in [0.4, 0.5) is 13.2 Å². The summed E-state index contributed by atoms with van der Waals surface area (Å²) >= 11 is 2.88. The van der Waals surface area contributed by atoms with Crippen LogP contribution >= 0.6 is 15.9 Å². The lowest BCUT2D eigenvalue weighted by Crippen LogP contribution is -2.16. The topological polar surface area (TPSA) is 26.0 Å². The van der Waals surface area contributed by atoms with Crippen LogP contribution in [0, 0.1) is 24.4 Å². The van der Waals surface area contributed by atoms with Crippen LogP contribution in [0.1, 0.15) is 22.7 Å². The molecule has 0 heterocycles. The predicted molar refractivity (Wildman–Crippen MR) is 71.2 cm³/mol. The van der Waals surface area contributed by atoms with Crippen molar-refractivity contribution in [2.45, 2.75) is 13.0 Å². The van der Waals surface area contributed by atoms with Gasteiger partial charge in [-0.2, -0.15) is 0 Å². The molecule has 1 unspecified atom stereocenters. The minimum atomic E-state index is -1.05. The summed E-state index contributed by atoms with van der Waals surface area (Å²) in [7, 11) is 0. The molecule has 2 rings (SSSR count). The molecule has 0 aromatic heterocycles. The standard InChI is InChI=1S/C14H11BrF3N/c1-7-2-3-11(16)8(4-7)14(19)9-5-13(18)10(15)6-12(9)17/h2-6,14H,19H2,1H3. The van der Waals surface area contributed by atoms with Crippen molar-refractivity contribution in [2.24, 2.45) is 5.73 Å². The van der Waals surface area contributed by atoms with E-state index in [0.29, 0.717) is 0 Å². The zero-order chi connectivity index (χ0) is 14.2. The van der Waals surface area contributed by atoms with Gasteiger partial charge in [-0.25, -0.2) is 13.2 Å². The van der Waals surface area contributed by atoms with Crippen molar-refractivity contribution < 1.29 is 13.2 Å². The van der Waals surface area contributed by atoms with Crippen LogP contribution in [0.5, 0.6) is 0 Å². The molecule has 5 heteroatoms. The first-order chi connectivity index (χ1) is 8.90. The number of halogens is 4. The Morgan fingerprint density at radius 1 is 0.947 bits per heavy atom. The average Bonchev–Trinajstić information content (AvgIpc) is 2.36. The fourth-order valence-corrected chi connectivity index (χ4v) is 2.16. The molecule has 0 amide bonds. The summed E-state index contributed by atoms with van der Waals surface area (Å²) in [5, 5.41) is 0. The van der Waals surface area contributed by atoms with Crippen LogP contribution in [0.3, 0.4) is 0 Å². The predicted octanol–water partition coefficient (Wildman–Crippen LogP) is 4.22. The lowest BCUT2D eigenvalue weighted by molar-refractivity contribution is 0.559. The van der Waals surface area contributed by atoms with Crippen molar-refractivity contribution in [1.29, 1.82) is 0 Å². The highest BCUT2D eigenvalue weighted by Crippen LogP contribution is 2.28. The summed E-state index contributed by atoms with van der Waals surface area (Å²) in [6.07, 6.45) is 0. The zero-order valence-electron chi connectivity index (χ0n) is 10.1. The highest BCUT2D eigenvalue weighted by atomic mass is 79.9. The number of hydrogen-bond acceptors (Lipinski definition) is 1. The van der Waals surface area contributed by atoms with Crippen molar-refractivity contribution in [1.82, 2.24) is 0 Å². The Kier molecular flexibility index (Phi) is 3.96. The quantitative estimate of drug-likeness (QED) is 0.820. The fourth-order valence-electron chi connectivity index (χ4n) is 1.85. The van der Waals surface area contributed by atoms with E-state index >= 15 is 0 Å². The van der Waals surface area contributed by atoms with E-state index in [1.807, 2.05) is 0 Å². The molecule has 0 radical (unpaired) electrons. The Balaban J connectivity index is 2.52. The molecule has 0 bridgehead atoms. The van der Waals surface area contributed by atoms with E-state index in [1.54, 1.807) is 13.0 Å². The largest absolute Gasteiger partial charge is 0.320 e. The first-order valence-electron chi connectivity index (χ1n) is 5.56. The summed E-state index contributed by atoms with van der Waals surface area (Å²) in [6, 6.07) is 5.29. The molecule has 2 aromatic rings. The third kappa shape index (κ3) is 2.82. The lowest BCUT2D eigenvalue weighted by atomic mass is 9.97. The maximum absolute atomic E-state index is 13.8. The minimum absolute atomic E-state index is 0.00524. The van der Waals surface area contributed by atoms with Crippen LogP contribution in [-0.2, 0) is 0 Å². The van der Waals surface area contributed by atoms with E-state index in [4.69, 9.17) is 5.73 Å². The van der Waals surface area contributed by atoms with Gasteiger partial charge in [-0.05, 0) is 41.1 Å². The van der Waals surface area contributed by atoms with E-state index < -0.39 is 23.5 Å². The summed E-state index contributed by atoms with van der Waals surface area (Å²) < 4.78 is 41.0. The van der Waals surface area contributed by atoms with Gasteiger partial charge < -0.3 is 5.73 Å². The molecule has 0 fully saturated rings. The molecule has 0 aliphatic carbocycles. The van der Waals surface area contributed by atoms with Gasteiger partial charge in [0, 0.05) is 11.1 Å². The molecule has 0 saturated heterocycles. The monoisotopic (exact) mass is 329 g/mol. The molecule has 2 aromatic carbocycles. The van der Waals surface area contributed by atoms with Gasteiger partial charge in [0.2, 0.25) is 0 Å². The summed E-state index contributed by atoms with van der Waals surface area (Å²) in [5.74, 6) is -1.86. The maximum atomic E-state index is 13.8. The van der Waals surface area contributed by atoms with Gasteiger partial charge in [-0.1, -0.05) is 17.7 Å². The molecular formula is C14H11BrF3N. The van der Waals surface area contributed by atoms with Crippen molar-refractivity contribution in [3.05, 3.63) is 68.9 Å². The molecule has 0 aliphatic rings. The van der Waals surface area contributed by atoms with Gasteiger partial charge >= 0.3 is 0 Å². The maximum Gasteiger partial charge on any atom is 0.137 e. The van der Waals surface area contributed by atoms with E-state index in [1.165, 1.54) is 12.1 Å². The van der Waals surface area contributed by atoms with Crippen LogP contribution < -0.4 is 5.73 Å². The average molecular weight is 330 g/mol. The van der Waals surface area contributed by atoms with Crippen molar-refractivity contribution >= 4 is 15.9 Å². The van der Waals surface area contributed by atoms with Gasteiger partial charge in [0.15, 0.2) is 0 Å². The van der Waals surface area contributed by atoms with E-state index in [-0.39, 0.29) is 15.6 Å². The Morgan fingerprint density at radius 2 is 1.58 bits per heavy atom. The first-order valence-corrected chi connectivity index (χ1v) is 6.35. The molecule has 1 atom stereocenters. The second kappa shape index (κ2) is 5.35. The first kappa shape index (κ1) is 14.1. The zero-order valence-corrected chi connectivity index (χ0v) is 11.6. The second-order valence-corrected chi connectivity index (χ2v) is 5.14. The van der Waals surface area contributed by atoms with Gasteiger partial charge in [0.05, 0.1) is 10.5 Å². The van der Waals surface area contributed by atoms with Crippen LogP contribution in [0.2, 0.25) is 0 Å². The SMILES string of the molecule is Cc1ccc(F)c(C(N)c2cc(F)c(Br)cc2F)c1. The Labute approximate surface area is 117 Å². The smallest absolute Gasteiger partial charge is 0.137 e. The Bertz CT molecular complexity index is 628. The number of aryl methyl sites for hydroxylation is 1. The highest BCUT2D eigenvalue weighted by molar-refractivity contribution is 9.10.